The lowest BCUT2D eigenvalue weighted by Gasteiger charge is -2.18. The Labute approximate surface area is 103 Å². The van der Waals surface area contributed by atoms with Crippen molar-refractivity contribution in [3.8, 4) is 0 Å². The minimum atomic E-state index is -0.225. The largest absolute Gasteiger partial charge is 0.391 e. The van der Waals surface area contributed by atoms with Crippen molar-refractivity contribution in [3.05, 3.63) is 34.9 Å². The van der Waals surface area contributed by atoms with E-state index in [1.54, 1.807) is 0 Å². The molecule has 1 aromatic carbocycles. The van der Waals surface area contributed by atoms with Crippen LogP contribution in [-0.4, -0.2) is 23.8 Å². The average Bonchev–Trinajstić information content (AvgIpc) is 2.99. The molecule has 1 heterocycles. The van der Waals surface area contributed by atoms with Gasteiger partial charge in [-0.15, -0.1) is 0 Å². The minimum absolute atomic E-state index is 0.225. The maximum atomic E-state index is 10.2. The molecule has 0 spiro atoms. The van der Waals surface area contributed by atoms with Gasteiger partial charge in [-0.25, -0.2) is 0 Å². The van der Waals surface area contributed by atoms with E-state index in [1.807, 2.05) is 0 Å². The Hall–Kier alpha value is -0.860. The number of aliphatic hydroxyl groups excluding tert-OH is 1. The zero-order valence-corrected chi connectivity index (χ0v) is 10.3. The van der Waals surface area contributed by atoms with Crippen molar-refractivity contribution < 1.29 is 5.11 Å². The molecule has 1 aromatic rings. The smallest absolute Gasteiger partial charge is 0.0733 e. The predicted molar refractivity (Wildman–Crippen MR) is 69.2 cm³/mol. The first kappa shape index (κ1) is 11.2. The molecule has 1 saturated heterocycles. The molecule has 92 valence electrons. The minimum Gasteiger partial charge on any atom is -0.391 e. The molecule has 2 nitrogen and oxygen atoms in total. The fraction of sp³-hybridized carbons (Fsp3) is 0.600. The summed E-state index contributed by atoms with van der Waals surface area (Å²) in [5.74, 6) is 0. The molecular formula is C15H21NO. The summed E-state index contributed by atoms with van der Waals surface area (Å²) in [6, 6.07) is 7.07. The van der Waals surface area contributed by atoms with Crippen molar-refractivity contribution in [1.29, 1.82) is 0 Å². The molecule has 2 unspecified atom stereocenters. The van der Waals surface area contributed by atoms with Gasteiger partial charge in [0.2, 0.25) is 0 Å². The van der Waals surface area contributed by atoms with Crippen LogP contribution in [0.25, 0.3) is 0 Å². The molecule has 1 aliphatic carbocycles. The van der Waals surface area contributed by atoms with Crippen LogP contribution in [0.5, 0.6) is 0 Å². The summed E-state index contributed by atoms with van der Waals surface area (Å²) >= 11 is 0. The molecule has 1 aliphatic heterocycles. The van der Waals surface area contributed by atoms with Crippen LogP contribution in [0.4, 0.5) is 0 Å². The highest BCUT2D eigenvalue weighted by Gasteiger charge is 2.23. The van der Waals surface area contributed by atoms with E-state index >= 15 is 0 Å². The highest BCUT2D eigenvalue weighted by Crippen LogP contribution is 2.24. The van der Waals surface area contributed by atoms with Gasteiger partial charge < -0.3 is 10.4 Å². The van der Waals surface area contributed by atoms with Gasteiger partial charge in [-0.2, -0.15) is 0 Å². The monoisotopic (exact) mass is 231 g/mol. The molecule has 2 aliphatic rings. The number of hydrogen-bond acceptors (Lipinski definition) is 2. The third kappa shape index (κ3) is 2.38. The fourth-order valence-electron chi connectivity index (χ4n) is 3.18. The van der Waals surface area contributed by atoms with Crippen LogP contribution in [0.15, 0.2) is 18.2 Å². The van der Waals surface area contributed by atoms with Crippen molar-refractivity contribution in [1.82, 2.24) is 5.32 Å². The Morgan fingerprint density at radius 2 is 2.12 bits per heavy atom. The van der Waals surface area contributed by atoms with Gasteiger partial charge in [-0.1, -0.05) is 18.2 Å². The molecule has 2 N–H and O–H groups in total. The number of nitrogens with one attached hydrogen (secondary N) is 1. The summed E-state index contributed by atoms with van der Waals surface area (Å²) in [6.45, 7) is 1.06. The molecule has 2 atom stereocenters. The van der Waals surface area contributed by atoms with E-state index < -0.39 is 0 Å². The van der Waals surface area contributed by atoms with Crippen molar-refractivity contribution in [2.45, 2.75) is 50.7 Å². The second-order valence-corrected chi connectivity index (χ2v) is 5.43. The van der Waals surface area contributed by atoms with Crippen LogP contribution < -0.4 is 5.32 Å². The van der Waals surface area contributed by atoms with Crippen LogP contribution in [-0.2, 0) is 19.3 Å². The van der Waals surface area contributed by atoms with E-state index in [0.29, 0.717) is 6.04 Å². The summed E-state index contributed by atoms with van der Waals surface area (Å²) in [7, 11) is 0. The molecule has 17 heavy (non-hydrogen) atoms. The first-order valence-electron chi connectivity index (χ1n) is 6.85. The molecule has 3 rings (SSSR count). The van der Waals surface area contributed by atoms with E-state index in [2.05, 4.69) is 23.5 Å². The maximum Gasteiger partial charge on any atom is 0.0733 e. The molecule has 0 amide bonds. The first-order valence-corrected chi connectivity index (χ1v) is 6.85. The lowest BCUT2D eigenvalue weighted by molar-refractivity contribution is 0.136. The van der Waals surface area contributed by atoms with Gasteiger partial charge in [0, 0.05) is 6.04 Å². The Kier molecular flexibility index (Phi) is 3.17. The van der Waals surface area contributed by atoms with Crippen molar-refractivity contribution in [2.24, 2.45) is 0 Å². The van der Waals surface area contributed by atoms with Crippen LogP contribution in [0.3, 0.4) is 0 Å². The van der Waals surface area contributed by atoms with Gasteiger partial charge in [0.15, 0.2) is 0 Å². The van der Waals surface area contributed by atoms with Gasteiger partial charge in [0.25, 0.3) is 0 Å². The molecule has 0 radical (unpaired) electrons. The Morgan fingerprint density at radius 1 is 1.24 bits per heavy atom. The summed E-state index contributed by atoms with van der Waals surface area (Å²) in [5, 5.41) is 13.6. The number of benzene rings is 1. The van der Waals surface area contributed by atoms with E-state index in [4.69, 9.17) is 0 Å². The lowest BCUT2D eigenvalue weighted by Crippen LogP contribution is -2.36. The standard InChI is InChI=1S/C15H21NO/c17-15(14-5-2-8-16-14)10-11-6-7-12-3-1-4-13(12)9-11/h6-7,9,14-17H,1-5,8,10H2. The van der Waals surface area contributed by atoms with Gasteiger partial charge >= 0.3 is 0 Å². The Bertz CT molecular complexity index is 396. The van der Waals surface area contributed by atoms with Gasteiger partial charge in [-0.05, 0) is 61.8 Å². The second-order valence-electron chi connectivity index (χ2n) is 5.43. The normalized spacial score (nSPS) is 24.9. The first-order chi connectivity index (χ1) is 8.33. The zero-order chi connectivity index (χ0) is 11.7. The summed E-state index contributed by atoms with van der Waals surface area (Å²) in [4.78, 5) is 0. The SMILES string of the molecule is OC(Cc1ccc2c(c1)CCC2)C1CCCN1. The van der Waals surface area contributed by atoms with Gasteiger partial charge in [0.05, 0.1) is 6.10 Å². The number of aliphatic hydroxyl groups is 1. The summed E-state index contributed by atoms with van der Waals surface area (Å²) < 4.78 is 0. The quantitative estimate of drug-likeness (QED) is 0.832. The predicted octanol–water partition coefficient (Wildman–Crippen LogP) is 1.83. The van der Waals surface area contributed by atoms with Crippen LogP contribution in [0.1, 0.15) is 36.0 Å². The van der Waals surface area contributed by atoms with Crippen LogP contribution in [0.2, 0.25) is 0 Å². The average molecular weight is 231 g/mol. The van der Waals surface area contributed by atoms with Crippen molar-refractivity contribution in [2.75, 3.05) is 6.54 Å². The highest BCUT2D eigenvalue weighted by atomic mass is 16.3. The second kappa shape index (κ2) is 4.79. The Balaban J connectivity index is 1.68. The van der Waals surface area contributed by atoms with Crippen molar-refractivity contribution >= 4 is 0 Å². The highest BCUT2D eigenvalue weighted by molar-refractivity contribution is 5.35. The van der Waals surface area contributed by atoms with Gasteiger partial charge in [0.1, 0.15) is 0 Å². The van der Waals surface area contributed by atoms with E-state index in [-0.39, 0.29) is 6.10 Å². The van der Waals surface area contributed by atoms with Crippen LogP contribution in [0, 0.1) is 0 Å². The number of rotatable bonds is 3. The van der Waals surface area contributed by atoms with E-state index in [1.165, 1.54) is 42.4 Å². The summed E-state index contributed by atoms with van der Waals surface area (Å²) in [5.41, 5.74) is 4.32. The molecule has 2 heteroatoms. The fourth-order valence-corrected chi connectivity index (χ4v) is 3.18. The van der Waals surface area contributed by atoms with E-state index in [0.717, 1.165) is 19.4 Å². The number of fused-ring (bicyclic) bond motifs is 1. The van der Waals surface area contributed by atoms with Crippen LogP contribution >= 0.6 is 0 Å². The molecule has 0 bridgehead atoms. The third-order valence-corrected chi connectivity index (χ3v) is 4.17. The lowest BCUT2D eigenvalue weighted by atomic mass is 9.98. The zero-order valence-electron chi connectivity index (χ0n) is 10.3. The van der Waals surface area contributed by atoms with Crippen molar-refractivity contribution in [3.63, 3.8) is 0 Å². The molecular weight excluding hydrogens is 210 g/mol. The topological polar surface area (TPSA) is 32.3 Å². The number of aryl methyl sites for hydroxylation is 2. The van der Waals surface area contributed by atoms with Gasteiger partial charge in [-0.3, -0.25) is 0 Å². The third-order valence-electron chi connectivity index (χ3n) is 4.17. The number of hydrogen-bond donors (Lipinski definition) is 2. The Morgan fingerprint density at radius 3 is 2.94 bits per heavy atom. The van der Waals surface area contributed by atoms with E-state index in [9.17, 15) is 5.11 Å². The summed E-state index contributed by atoms with van der Waals surface area (Å²) in [6.07, 6.45) is 6.65. The molecule has 0 saturated carbocycles. The molecule has 0 aromatic heterocycles. The maximum absolute atomic E-state index is 10.2. The molecule has 1 fully saturated rings.